The van der Waals surface area contributed by atoms with Gasteiger partial charge in [0, 0.05) is 50.3 Å². The van der Waals surface area contributed by atoms with Gasteiger partial charge in [-0.3, -0.25) is 14.9 Å². The summed E-state index contributed by atoms with van der Waals surface area (Å²) in [6.07, 6.45) is 3.02. The monoisotopic (exact) mass is 468 g/mol. The Hall–Kier alpha value is -3.33. The SMILES string of the molecule is CNC(=O)N1CCN(C(=O)/C=C/c2ccc(Sc3ccccc3C(C)C)c([N+](=O)[O-])c2)CC1. The molecule has 1 aliphatic rings. The highest BCUT2D eigenvalue weighted by atomic mass is 32.2. The zero-order chi connectivity index (χ0) is 24.0. The van der Waals surface area contributed by atoms with Crippen molar-refractivity contribution in [2.75, 3.05) is 33.2 Å². The van der Waals surface area contributed by atoms with Crippen molar-refractivity contribution in [3.05, 3.63) is 69.8 Å². The van der Waals surface area contributed by atoms with E-state index in [0.29, 0.717) is 42.6 Å². The van der Waals surface area contributed by atoms with Crippen molar-refractivity contribution >= 4 is 35.5 Å². The molecular weight excluding hydrogens is 440 g/mol. The zero-order valence-corrected chi connectivity index (χ0v) is 19.8. The predicted molar refractivity (Wildman–Crippen MR) is 129 cm³/mol. The Labute approximate surface area is 197 Å². The molecule has 2 aromatic rings. The molecule has 33 heavy (non-hydrogen) atoms. The number of nitro benzene ring substituents is 1. The van der Waals surface area contributed by atoms with Gasteiger partial charge in [0.1, 0.15) is 0 Å². The van der Waals surface area contributed by atoms with E-state index in [4.69, 9.17) is 0 Å². The van der Waals surface area contributed by atoms with Crippen molar-refractivity contribution in [1.82, 2.24) is 15.1 Å². The molecule has 1 aliphatic heterocycles. The molecule has 0 bridgehead atoms. The van der Waals surface area contributed by atoms with Gasteiger partial charge in [0.2, 0.25) is 5.91 Å². The molecule has 9 heteroatoms. The topological polar surface area (TPSA) is 95.8 Å². The second-order valence-electron chi connectivity index (χ2n) is 7.98. The smallest absolute Gasteiger partial charge is 0.317 e. The molecule has 174 valence electrons. The Morgan fingerprint density at radius 2 is 1.73 bits per heavy atom. The van der Waals surface area contributed by atoms with E-state index in [-0.39, 0.29) is 17.6 Å². The molecule has 1 N–H and O–H groups in total. The number of hydrogen-bond acceptors (Lipinski definition) is 5. The van der Waals surface area contributed by atoms with Crippen molar-refractivity contribution in [3.8, 4) is 0 Å². The Balaban J connectivity index is 1.72. The average molecular weight is 469 g/mol. The van der Waals surface area contributed by atoms with Crippen LogP contribution < -0.4 is 5.32 Å². The van der Waals surface area contributed by atoms with Crippen molar-refractivity contribution in [2.24, 2.45) is 0 Å². The first-order valence-electron chi connectivity index (χ1n) is 10.8. The number of carbonyl (C=O) groups excluding carboxylic acids is 2. The number of hydrogen-bond donors (Lipinski definition) is 1. The van der Waals surface area contributed by atoms with Crippen LogP contribution in [0.2, 0.25) is 0 Å². The second-order valence-corrected chi connectivity index (χ2v) is 9.06. The van der Waals surface area contributed by atoms with E-state index in [0.717, 1.165) is 10.5 Å². The van der Waals surface area contributed by atoms with Crippen LogP contribution in [0.25, 0.3) is 6.08 Å². The summed E-state index contributed by atoms with van der Waals surface area (Å²) in [5.74, 6) is 0.123. The van der Waals surface area contributed by atoms with Crippen LogP contribution in [0, 0.1) is 10.1 Å². The minimum Gasteiger partial charge on any atom is -0.341 e. The molecule has 1 fully saturated rings. The van der Waals surface area contributed by atoms with Gasteiger partial charge in [0.05, 0.1) is 9.82 Å². The van der Waals surface area contributed by atoms with E-state index >= 15 is 0 Å². The number of nitrogens with one attached hydrogen (secondary N) is 1. The summed E-state index contributed by atoms with van der Waals surface area (Å²) in [5.41, 5.74) is 1.73. The molecule has 0 aliphatic carbocycles. The molecule has 2 aromatic carbocycles. The molecule has 0 radical (unpaired) electrons. The van der Waals surface area contributed by atoms with Crippen LogP contribution in [-0.2, 0) is 4.79 Å². The van der Waals surface area contributed by atoms with Crippen LogP contribution in [0.5, 0.6) is 0 Å². The van der Waals surface area contributed by atoms with E-state index in [1.54, 1.807) is 35.1 Å². The molecule has 8 nitrogen and oxygen atoms in total. The van der Waals surface area contributed by atoms with Crippen LogP contribution in [0.15, 0.2) is 58.3 Å². The van der Waals surface area contributed by atoms with E-state index < -0.39 is 4.92 Å². The minimum atomic E-state index is -0.391. The molecule has 0 saturated carbocycles. The molecule has 3 rings (SSSR count). The fourth-order valence-electron chi connectivity index (χ4n) is 3.60. The summed E-state index contributed by atoms with van der Waals surface area (Å²) < 4.78 is 0. The lowest BCUT2D eigenvalue weighted by Gasteiger charge is -2.33. The molecular formula is C24H28N4O4S. The van der Waals surface area contributed by atoms with Gasteiger partial charge in [0.15, 0.2) is 0 Å². The van der Waals surface area contributed by atoms with Crippen molar-refractivity contribution in [3.63, 3.8) is 0 Å². The number of benzene rings is 2. The van der Waals surface area contributed by atoms with Gasteiger partial charge in [-0.05, 0) is 35.3 Å². The van der Waals surface area contributed by atoms with E-state index in [2.05, 4.69) is 19.2 Å². The quantitative estimate of drug-likeness (QED) is 0.386. The first kappa shape index (κ1) is 24.3. The third-order valence-electron chi connectivity index (χ3n) is 5.45. The highest BCUT2D eigenvalue weighted by Gasteiger charge is 2.22. The van der Waals surface area contributed by atoms with Crippen LogP contribution in [0.3, 0.4) is 0 Å². The Morgan fingerprint density at radius 1 is 1.06 bits per heavy atom. The van der Waals surface area contributed by atoms with Crippen molar-refractivity contribution < 1.29 is 14.5 Å². The van der Waals surface area contributed by atoms with Crippen molar-refractivity contribution in [1.29, 1.82) is 0 Å². The Morgan fingerprint density at radius 3 is 2.36 bits per heavy atom. The lowest BCUT2D eigenvalue weighted by atomic mass is 10.0. The lowest BCUT2D eigenvalue weighted by Crippen LogP contribution is -2.52. The van der Waals surface area contributed by atoms with Gasteiger partial charge in [-0.1, -0.05) is 49.9 Å². The highest BCUT2D eigenvalue weighted by Crippen LogP contribution is 2.39. The number of amides is 3. The standard InChI is InChI=1S/C24H28N4O4S/c1-17(2)19-6-4-5-7-21(19)33-22-10-8-18(16-20(22)28(31)32)9-11-23(29)26-12-14-27(15-13-26)24(30)25-3/h4-11,16-17H,12-15H2,1-3H3,(H,25,30)/b11-9+. The highest BCUT2D eigenvalue weighted by molar-refractivity contribution is 7.99. The summed E-state index contributed by atoms with van der Waals surface area (Å²) in [5, 5.41) is 14.3. The first-order chi connectivity index (χ1) is 15.8. The van der Waals surface area contributed by atoms with Crippen LogP contribution in [0.1, 0.15) is 30.9 Å². The maximum absolute atomic E-state index is 12.5. The third kappa shape index (κ3) is 6.13. The second kappa shape index (κ2) is 11.0. The average Bonchev–Trinajstić information content (AvgIpc) is 2.82. The van der Waals surface area contributed by atoms with E-state index in [1.807, 2.05) is 24.3 Å². The Bertz CT molecular complexity index is 1060. The maximum atomic E-state index is 12.5. The number of carbonyl (C=O) groups is 2. The largest absolute Gasteiger partial charge is 0.341 e. The zero-order valence-electron chi connectivity index (χ0n) is 19.0. The normalized spacial score (nSPS) is 14.1. The minimum absolute atomic E-state index is 0.00681. The molecule has 1 saturated heterocycles. The summed E-state index contributed by atoms with van der Waals surface area (Å²) in [4.78, 5) is 40.4. The summed E-state index contributed by atoms with van der Waals surface area (Å²) in [7, 11) is 1.58. The summed E-state index contributed by atoms with van der Waals surface area (Å²) in [6, 6.07) is 12.8. The molecule has 0 atom stereocenters. The molecule has 0 aromatic heterocycles. The summed E-state index contributed by atoms with van der Waals surface area (Å²) in [6.45, 7) is 6.01. The van der Waals surface area contributed by atoms with Crippen LogP contribution in [-0.4, -0.2) is 59.9 Å². The van der Waals surface area contributed by atoms with Gasteiger partial charge in [0.25, 0.3) is 5.69 Å². The van der Waals surface area contributed by atoms with Gasteiger partial charge in [-0.15, -0.1) is 0 Å². The molecule has 0 unspecified atom stereocenters. The first-order valence-corrected chi connectivity index (χ1v) is 11.6. The van der Waals surface area contributed by atoms with E-state index in [1.165, 1.54) is 23.9 Å². The lowest BCUT2D eigenvalue weighted by molar-refractivity contribution is -0.387. The number of nitrogens with zero attached hydrogens (tertiary/aromatic N) is 3. The van der Waals surface area contributed by atoms with Gasteiger partial charge < -0.3 is 15.1 Å². The number of piperazine rings is 1. The molecule has 1 heterocycles. The fourth-order valence-corrected chi connectivity index (χ4v) is 4.78. The molecule has 0 spiro atoms. The maximum Gasteiger partial charge on any atom is 0.317 e. The summed E-state index contributed by atoms with van der Waals surface area (Å²) >= 11 is 1.38. The fraction of sp³-hybridized carbons (Fsp3) is 0.333. The van der Waals surface area contributed by atoms with Crippen LogP contribution in [0.4, 0.5) is 10.5 Å². The van der Waals surface area contributed by atoms with E-state index in [9.17, 15) is 19.7 Å². The number of nitro groups is 1. The van der Waals surface area contributed by atoms with Gasteiger partial charge in [-0.25, -0.2) is 4.79 Å². The Kier molecular flexibility index (Phi) is 8.11. The third-order valence-corrected chi connectivity index (χ3v) is 6.61. The molecule has 3 amide bonds. The number of urea groups is 1. The van der Waals surface area contributed by atoms with Crippen molar-refractivity contribution in [2.45, 2.75) is 29.6 Å². The van der Waals surface area contributed by atoms with Gasteiger partial charge >= 0.3 is 6.03 Å². The predicted octanol–water partition coefficient (Wildman–Crippen LogP) is 4.37. The van der Waals surface area contributed by atoms with Crippen LogP contribution >= 0.6 is 11.8 Å². The van der Waals surface area contributed by atoms with Gasteiger partial charge in [-0.2, -0.15) is 0 Å². The number of rotatable bonds is 6.